The van der Waals surface area contributed by atoms with Gasteiger partial charge in [-0.05, 0) is 31.4 Å². The molecule has 2 aliphatic heterocycles. The predicted molar refractivity (Wildman–Crippen MR) is 111 cm³/mol. The van der Waals surface area contributed by atoms with Gasteiger partial charge in [-0.15, -0.1) is 0 Å². The Hall–Kier alpha value is -2.90. The topological polar surface area (TPSA) is 116 Å². The van der Waals surface area contributed by atoms with Crippen LogP contribution in [-0.2, 0) is 20.9 Å². The van der Waals surface area contributed by atoms with Crippen LogP contribution < -0.4 is 10.6 Å². The second kappa shape index (κ2) is 10.2. The third kappa shape index (κ3) is 5.37. The summed E-state index contributed by atoms with van der Waals surface area (Å²) in [5, 5.41) is 14.4. The first-order valence-electron chi connectivity index (χ1n) is 10.7. The van der Waals surface area contributed by atoms with Crippen molar-refractivity contribution in [2.75, 3.05) is 11.9 Å². The summed E-state index contributed by atoms with van der Waals surface area (Å²) in [4.78, 5) is 48.4. The molecule has 0 aliphatic carbocycles. The van der Waals surface area contributed by atoms with Crippen molar-refractivity contribution in [2.45, 2.75) is 70.4 Å². The van der Waals surface area contributed by atoms with Crippen LogP contribution in [-0.4, -0.2) is 46.3 Å². The van der Waals surface area contributed by atoms with Crippen LogP contribution in [0.3, 0.4) is 0 Å². The van der Waals surface area contributed by atoms with E-state index in [-0.39, 0.29) is 24.7 Å². The first-order chi connectivity index (χ1) is 14.5. The van der Waals surface area contributed by atoms with E-state index in [2.05, 4.69) is 10.6 Å². The lowest BCUT2D eigenvalue weighted by molar-refractivity contribution is -0.138. The molecule has 8 heteroatoms. The minimum atomic E-state index is -0.732. The smallest absolute Gasteiger partial charge is 0.303 e. The SMILES string of the molecule is O=C(O)CCCCCCCCNc1cccc2c1CN(C1CCC(=O)NC1=O)C2=O. The van der Waals surface area contributed by atoms with Crippen LogP contribution >= 0.6 is 0 Å². The van der Waals surface area contributed by atoms with E-state index in [0.29, 0.717) is 18.5 Å². The Morgan fingerprint density at radius 3 is 2.57 bits per heavy atom. The van der Waals surface area contributed by atoms with Crippen LogP contribution in [0.15, 0.2) is 18.2 Å². The Morgan fingerprint density at radius 2 is 1.83 bits per heavy atom. The number of piperidine rings is 1. The van der Waals surface area contributed by atoms with Crippen LogP contribution in [0, 0.1) is 0 Å². The highest BCUT2D eigenvalue weighted by atomic mass is 16.4. The molecule has 3 N–H and O–H groups in total. The minimum absolute atomic E-state index is 0.162. The molecular formula is C22H29N3O5. The number of anilines is 1. The Bertz CT molecular complexity index is 823. The molecule has 1 aromatic rings. The summed E-state index contributed by atoms with van der Waals surface area (Å²) in [6.45, 7) is 1.16. The van der Waals surface area contributed by atoms with Crippen LogP contribution in [0.1, 0.15) is 73.7 Å². The third-order valence-electron chi connectivity index (χ3n) is 5.71. The van der Waals surface area contributed by atoms with Gasteiger partial charge in [0.1, 0.15) is 6.04 Å². The van der Waals surface area contributed by atoms with Crippen molar-refractivity contribution in [1.29, 1.82) is 0 Å². The fraction of sp³-hybridized carbons (Fsp3) is 0.545. The molecule has 1 aromatic carbocycles. The van der Waals surface area contributed by atoms with Crippen LogP contribution in [0.4, 0.5) is 5.69 Å². The summed E-state index contributed by atoms with van der Waals surface area (Å²) in [5.41, 5.74) is 2.43. The lowest BCUT2D eigenvalue weighted by Crippen LogP contribution is -2.52. The highest BCUT2D eigenvalue weighted by molar-refractivity contribution is 6.06. The molecular weight excluding hydrogens is 386 g/mol. The second-order valence-corrected chi connectivity index (χ2v) is 7.92. The van der Waals surface area contributed by atoms with Crippen molar-refractivity contribution in [3.8, 4) is 0 Å². The summed E-state index contributed by atoms with van der Waals surface area (Å²) in [6, 6.07) is 4.98. The fourth-order valence-electron chi connectivity index (χ4n) is 4.08. The minimum Gasteiger partial charge on any atom is -0.481 e. The molecule has 3 amide bonds. The van der Waals surface area contributed by atoms with Gasteiger partial charge in [0.15, 0.2) is 0 Å². The number of benzene rings is 1. The van der Waals surface area contributed by atoms with Gasteiger partial charge >= 0.3 is 5.97 Å². The Kier molecular flexibility index (Phi) is 7.43. The number of nitrogens with zero attached hydrogens (tertiary/aromatic N) is 1. The molecule has 2 aliphatic rings. The van der Waals surface area contributed by atoms with Gasteiger partial charge in [0, 0.05) is 42.7 Å². The maximum absolute atomic E-state index is 12.8. The average molecular weight is 415 g/mol. The number of hydrogen-bond acceptors (Lipinski definition) is 5. The number of carboxylic acids is 1. The summed E-state index contributed by atoms with van der Waals surface area (Å²) < 4.78 is 0. The number of nitrogens with one attached hydrogen (secondary N) is 2. The monoisotopic (exact) mass is 415 g/mol. The van der Waals surface area contributed by atoms with Crippen molar-refractivity contribution in [3.05, 3.63) is 29.3 Å². The lowest BCUT2D eigenvalue weighted by Gasteiger charge is -2.29. The summed E-state index contributed by atoms with van der Waals surface area (Å²) in [5.74, 6) is -1.58. The summed E-state index contributed by atoms with van der Waals surface area (Å²) >= 11 is 0. The van der Waals surface area contributed by atoms with E-state index in [1.807, 2.05) is 12.1 Å². The van der Waals surface area contributed by atoms with E-state index >= 15 is 0 Å². The molecule has 1 saturated heterocycles. The zero-order chi connectivity index (χ0) is 21.5. The number of carbonyl (C=O) groups excluding carboxylic acids is 3. The standard InChI is InChI=1S/C22H29N3O5/c26-19-12-11-18(21(29)24-19)25-14-16-15(22(25)30)8-7-9-17(16)23-13-6-4-2-1-3-5-10-20(27)28/h7-9,18,23H,1-6,10-14H2,(H,27,28)(H,24,26,29). The van der Waals surface area contributed by atoms with Gasteiger partial charge in [-0.2, -0.15) is 0 Å². The number of imide groups is 1. The van der Waals surface area contributed by atoms with Gasteiger partial charge in [0.05, 0.1) is 0 Å². The number of carbonyl (C=O) groups is 4. The molecule has 162 valence electrons. The lowest BCUT2D eigenvalue weighted by atomic mass is 10.0. The van der Waals surface area contributed by atoms with E-state index in [1.54, 1.807) is 11.0 Å². The van der Waals surface area contributed by atoms with Gasteiger partial charge in [0.2, 0.25) is 11.8 Å². The van der Waals surface area contributed by atoms with E-state index in [1.165, 1.54) is 0 Å². The van der Waals surface area contributed by atoms with E-state index < -0.39 is 17.9 Å². The molecule has 2 heterocycles. The maximum Gasteiger partial charge on any atom is 0.303 e. The third-order valence-corrected chi connectivity index (χ3v) is 5.71. The van der Waals surface area contributed by atoms with Gasteiger partial charge in [-0.25, -0.2) is 0 Å². The number of fused-ring (bicyclic) bond motifs is 1. The second-order valence-electron chi connectivity index (χ2n) is 7.92. The number of aliphatic carboxylic acids is 1. The highest BCUT2D eigenvalue weighted by Gasteiger charge is 2.39. The molecule has 1 fully saturated rings. The van der Waals surface area contributed by atoms with Crippen molar-refractivity contribution in [1.82, 2.24) is 10.2 Å². The molecule has 1 unspecified atom stereocenters. The number of rotatable bonds is 11. The number of unbranched alkanes of at least 4 members (excludes halogenated alkanes) is 5. The molecule has 1 atom stereocenters. The van der Waals surface area contributed by atoms with Crippen LogP contribution in [0.25, 0.3) is 0 Å². The van der Waals surface area contributed by atoms with Gasteiger partial charge < -0.3 is 15.3 Å². The zero-order valence-electron chi connectivity index (χ0n) is 17.1. The summed E-state index contributed by atoms with van der Waals surface area (Å²) in [7, 11) is 0. The van der Waals surface area contributed by atoms with E-state index in [0.717, 1.165) is 56.3 Å². The van der Waals surface area contributed by atoms with Gasteiger partial charge in [-0.1, -0.05) is 31.7 Å². The zero-order valence-corrected chi connectivity index (χ0v) is 17.1. The average Bonchev–Trinajstić information content (AvgIpc) is 3.04. The molecule has 0 spiro atoms. The van der Waals surface area contributed by atoms with Crippen LogP contribution in [0.5, 0.6) is 0 Å². The Morgan fingerprint density at radius 1 is 1.10 bits per heavy atom. The quantitative estimate of drug-likeness (QED) is 0.378. The summed E-state index contributed by atoms with van der Waals surface area (Å²) in [6.07, 6.45) is 6.72. The maximum atomic E-state index is 12.8. The predicted octanol–water partition coefficient (Wildman–Crippen LogP) is 2.67. The largest absolute Gasteiger partial charge is 0.481 e. The van der Waals surface area contributed by atoms with Crippen molar-refractivity contribution < 1.29 is 24.3 Å². The van der Waals surface area contributed by atoms with E-state index in [9.17, 15) is 19.2 Å². The molecule has 0 saturated carbocycles. The van der Waals surface area contributed by atoms with Crippen molar-refractivity contribution in [3.63, 3.8) is 0 Å². The van der Waals surface area contributed by atoms with Crippen molar-refractivity contribution in [2.24, 2.45) is 0 Å². The number of hydrogen-bond donors (Lipinski definition) is 3. The Labute approximate surface area is 176 Å². The van der Waals surface area contributed by atoms with E-state index in [4.69, 9.17) is 5.11 Å². The molecule has 0 radical (unpaired) electrons. The van der Waals surface area contributed by atoms with Gasteiger partial charge in [-0.3, -0.25) is 24.5 Å². The molecule has 0 bridgehead atoms. The van der Waals surface area contributed by atoms with Gasteiger partial charge in [0.25, 0.3) is 5.91 Å². The van der Waals surface area contributed by atoms with Crippen molar-refractivity contribution >= 4 is 29.4 Å². The molecule has 0 aromatic heterocycles. The molecule has 8 nitrogen and oxygen atoms in total. The Balaban J connectivity index is 1.46. The first kappa shape index (κ1) is 21.8. The molecule has 3 rings (SSSR count). The normalized spacial score (nSPS) is 18.3. The van der Waals surface area contributed by atoms with Crippen LogP contribution in [0.2, 0.25) is 0 Å². The highest BCUT2D eigenvalue weighted by Crippen LogP contribution is 2.32. The number of amides is 3. The first-order valence-corrected chi connectivity index (χ1v) is 10.7. The number of carboxylic acid groups (broad SMARTS) is 1. The molecule has 30 heavy (non-hydrogen) atoms. The fourth-order valence-corrected chi connectivity index (χ4v) is 4.08.